The number of ketones is 1. The number of Topliss-reactive ketones (excluding diaryl/α,β-unsaturated/α-hetero) is 1. The third-order valence-corrected chi connectivity index (χ3v) is 6.37. The quantitative estimate of drug-likeness (QED) is 0.687. The summed E-state index contributed by atoms with van der Waals surface area (Å²) in [5, 5.41) is 0. The van der Waals surface area contributed by atoms with Crippen LogP contribution in [0, 0.1) is 0 Å². The number of esters is 1. The second-order valence-corrected chi connectivity index (χ2v) is 8.47. The van der Waals surface area contributed by atoms with Crippen molar-refractivity contribution in [3.63, 3.8) is 0 Å². The zero-order valence-corrected chi connectivity index (χ0v) is 16.4. The Kier molecular flexibility index (Phi) is 6.11. The minimum atomic E-state index is -3.72. The van der Waals surface area contributed by atoms with Crippen LogP contribution in [0.4, 0.5) is 5.69 Å². The third kappa shape index (κ3) is 4.58. The zero-order valence-electron chi connectivity index (χ0n) is 15.6. The number of rotatable bonds is 6. The second-order valence-electron chi connectivity index (χ2n) is 6.53. The molecule has 1 aliphatic rings. The molecule has 0 aliphatic carbocycles. The number of sulfonamides is 1. The minimum absolute atomic E-state index is 0.0398. The fourth-order valence-corrected chi connectivity index (χ4v) is 4.48. The topological polar surface area (TPSA) is 84.0 Å². The predicted molar refractivity (Wildman–Crippen MR) is 105 cm³/mol. The van der Waals surface area contributed by atoms with Gasteiger partial charge in [-0.05, 0) is 37.3 Å². The molecule has 2 aromatic carbocycles. The van der Waals surface area contributed by atoms with Crippen molar-refractivity contribution in [1.82, 2.24) is 4.31 Å². The van der Waals surface area contributed by atoms with Gasteiger partial charge in [-0.3, -0.25) is 4.79 Å². The van der Waals surface area contributed by atoms with Gasteiger partial charge in [0.25, 0.3) is 0 Å². The molecule has 1 heterocycles. The van der Waals surface area contributed by atoms with Gasteiger partial charge >= 0.3 is 5.97 Å². The highest BCUT2D eigenvalue weighted by molar-refractivity contribution is 7.89. The average Bonchev–Trinajstić information content (AvgIpc) is 2.73. The fraction of sp³-hybridized carbons (Fsp3) is 0.300. The number of hydrogen-bond acceptors (Lipinski definition) is 6. The largest absolute Gasteiger partial charge is 0.454 e. The van der Waals surface area contributed by atoms with Crippen LogP contribution < -0.4 is 4.90 Å². The summed E-state index contributed by atoms with van der Waals surface area (Å²) in [6, 6.07) is 15.6. The highest BCUT2D eigenvalue weighted by atomic mass is 32.2. The number of para-hydroxylation sites is 1. The van der Waals surface area contributed by atoms with Crippen LogP contribution in [-0.4, -0.2) is 57.3 Å². The summed E-state index contributed by atoms with van der Waals surface area (Å²) in [6.07, 6.45) is 0. The molecular weight excluding hydrogens is 380 g/mol. The second kappa shape index (κ2) is 8.53. The van der Waals surface area contributed by atoms with Crippen LogP contribution >= 0.6 is 0 Å². The molecule has 0 unspecified atom stereocenters. The molecule has 0 amide bonds. The van der Waals surface area contributed by atoms with Crippen molar-refractivity contribution in [3.05, 3.63) is 60.2 Å². The Bertz CT molecular complexity index is 952. The van der Waals surface area contributed by atoms with Gasteiger partial charge in [-0.25, -0.2) is 13.2 Å². The first kappa shape index (κ1) is 20.0. The van der Waals surface area contributed by atoms with E-state index < -0.39 is 16.0 Å². The maximum Gasteiger partial charge on any atom is 0.338 e. The van der Waals surface area contributed by atoms with Crippen molar-refractivity contribution in [2.75, 3.05) is 37.7 Å². The number of nitrogens with zero attached hydrogens (tertiary/aromatic N) is 2. The minimum Gasteiger partial charge on any atom is -0.454 e. The van der Waals surface area contributed by atoms with Gasteiger partial charge in [0, 0.05) is 31.9 Å². The van der Waals surface area contributed by atoms with Crippen LogP contribution in [0.25, 0.3) is 0 Å². The van der Waals surface area contributed by atoms with E-state index in [1.807, 2.05) is 30.3 Å². The van der Waals surface area contributed by atoms with Gasteiger partial charge in [0.15, 0.2) is 5.78 Å². The van der Waals surface area contributed by atoms with Crippen LogP contribution in [0.5, 0.6) is 0 Å². The number of benzene rings is 2. The zero-order chi connectivity index (χ0) is 20.1. The lowest BCUT2D eigenvalue weighted by Crippen LogP contribution is -2.48. The molecular formula is C20H22N2O5S. The normalized spacial score (nSPS) is 15.2. The molecule has 0 aromatic heterocycles. The van der Waals surface area contributed by atoms with Gasteiger partial charge in [0.1, 0.15) is 6.61 Å². The smallest absolute Gasteiger partial charge is 0.338 e. The van der Waals surface area contributed by atoms with Crippen molar-refractivity contribution in [3.8, 4) is 0 Å². The molecule has 7 nitrogen and oxygen atoms in total. The van der Waals surface area contributed by atoms with E-state index in [0.29, 0.717) is 26.2 Å². The maximum atomic E-state index is 13.0. The molecule has 0 spiro atoms. The number of anilines is 1. The summed E-state index contributed by atoms with van der Waals surface area (Å²) in [7, 11) is -3.72. The monoisotopic (exact) mass is 402 g/mol. The lowest BCUT2D eigenvalue weighted by Gasteiger charge is -2.35. The van der Waals surface area contributed by atoms with Crippen LogP contribution in [0.3, 0.4) is 0 Å². The van der Waals surface area contributed by atoms with Crippen molar-refractivity contribution in [1.29, 1.82) is 0 Å². The third-order valence-electron chi connectivity index (χ3n) is 4.47. The van der Waals surface area contributed by atoms with Gasteiger partial charge in [-0.15, -0.1) is 0 Å². The van der Waals surface area contributed by atoms with Gasteiger partial charge < -0.3 is 9.64 Å². The first-order valence-electron chi connectivity index (χ1n) is 8.95. The molecule has 0 atom stereocenters. The highest BCUT2D eigenvalue weighted by Gasteiger charge is 2.29. The van der Waals surface area contributed by atoms with E-state index in [1.165, 1.54) is 35.5 Å². The van der Waals surface area contributed by atoms with Crippen molar-refractivity contribution in [2.24, 2.45) is 0 Å². The Morgan fingerprint density at radius 3 is 2.29 bits per heavy atom. The van der Waals surface area contributed by atoms with E-state index in [2.05, 4.69) is 4.90 Å². The first-order valence-corrected chi connectivity index (χ1v) is 10.4. The lowest BCUT2D eigenvalue weighted by atomic mass is 10.2. The Hall–Kier alpha value is -2.71. The molecule has 3 rings (SSSR count). The van der Waals surface area contributed by atoms with E-state index in [4.69, 9.17) is 4.74 Å². The highest BCUT2D eigenvalue weighted by Crippen LogP contribution is 2.22. The molecule has 1 fully saturated rings. The number of ether oxygens (including phenoxy) is 1. The average molecular weight is 402 g/mol. The molecule has 0 radical (unpaired) electrons. The van der Waals surface area contributed by atoms with E-state index >= 15 is 0 Å². The number of carbonyl (C=O) groups excluding carboxylic acids is 2. The summed E-state index contributed by atoms with van der Waals surface area (Å²) < 4.78 is 32.2. The SMILES string of the molecule is CC(=O)COC(=O)c1cccc(S(=O)(=O)N2CCN(c3ccccc3)CC2)c1. The number of carbonyl (C=O) groups is 2. The summed E-state index contributed by atoms with van der Waals surface area (Å²) in [5.74, 6) is -1.01. The standard InChI is InChI=1S/C20H22N2O5S/c1-16(23)15-27-20(24)17-6-5-9-19(14-17)28(25,26)22-12-10-21(11-13-22)18-7-3-2-4-8-18/h2-9,14H,10-13,15H2,1H3. The number of piperazine rings is 1. The Balaban J connectivity index is 1.70. The molecule has 1 aliphatic heterocycles. The molecule has 28 heavy (non-hydrogen) atoms. The van der Waals surface area contributed by atoms with Gasteiger partial charge in [0.05, 0.1) is 10.5 Å². The van der Waals surface area contributed by atoms with E-state index in [1.54, 1.807) is 0 Å². The lowest BCUT2D eigenvalue weighted by molar-refractivity contribution is -0.120. The van der Waals surface area contributed by atoms with E-state index in [9.17, 15) is 18.0 Å². The van der Waals surface area contributed by atoms with E-state index in [0.717, 1.165) is 5.69 Å². The van der Waals surface area contributed by atoms with Crippen molar-refractivity contribution in [2.45, 2.75) is 11.8 Å². The molecule has 148 valence electrons. The van der Waals surface area contributed by atoms with E-state index in [-0.39, 0.29) is 22.8 Å². The van der Waals surface area contributed by atoms with Gasteiger partial charge in [-0.2, -0.15) is 4.31 Å². The fourth-order valence-electron chi connectivity index (χ4n) is 3.01. The van der Waals surface area contributed by atoms with Crippen molar-refractivity contribution >= 4 is 27.5 Å². The molecule has 0 bridgehead atoms. The summed E-state index contributed by atoms with van der Waals surface area (Å²) >= 11 is 0. The first-order chi connectivity index (χ1) is 13.4. The number of hydrogen-bond donors (Lipinski definition) is 0. The summed E-state index contributed by atoms with van der Waals surface area (Å²) in [4.78, 5) is 25.2. The van der Waals surface area contributed by atoms with Crippen molar-refractivity contribution < 1.29 is 22.7 Å². The molecule has 0 saturated carbocycles. The molecule has 2 aromatic rings. The predicted octanol–water partition coefficient (Wildman–Crippen LogP) is 1.94. The Morgan fingerprint density at radius 2 is 1.64 bits per heavy atom. The maximum absolute atomic E-state index is 13.0. The van der Waals surface area contributed by atoms with Crippen LogP contribution in [0.1, 0.15) is 17.3 Å². The summed E-state index contributed by atoms with van der Waals surface area (Å²) in [6.45, 7) is 2.86. The molecule has 0 N–H and O–H groups in total. The Labute approximate surface area is 164 Å². The molecule has 1 saturated heterocycles. The Morgan fingerprint density at radius 1 is 0.964 bits per heavy atom. The summed E-state index contributed by atoms with van der Waals surface area (Å²) in [5.41, 5.74) is 1.17. The van der Waals surface area contributed by atoms with Crippen LogP contribution in [-0.2, 0) is 19.6 Å². The van der Waals surface area contributed by atoms with Crippen LogP contribution in [0.2, 0.25) is 0 Å². The van der Waals surface area contributed by atoms with Crippen LogP contribution in [0.15, 0.2) is 59.5 Å². The molecule has 8 heteroatoms. The van der Waals surface area contributed by atoms with Gasteiger partial charge in [0.2, 0.25) is 10.0 Å². The van der Waals surface area contributed by atoms with Gasteiger partial charge in [-0.1, -0.05) is 24.3 Å².